The number of halogens is 1. The Morgan fingerprint density at radius 1 is 0.923 bits per heavy atom. The molecule has 4 heteroatoms. The van der Waals surface area contributed by atoms with E-state index in [1.54, 1.807) is 18.3 Å². The minimum Gasteiger partial charge on any atom is -0.423 e. The number of rotatable bonds is 0. The van der Waals surface area contributed by atoms with Crippen molar-refractivity contribution in [2.45, 2.75) is 27.7 Å². The number of benzene rings is 2. The van der Waals surface area contributed by atoms with Gasteiger partial charge in [0, 0.05) is 28.7 Å². The van der Waals surface area contributed by atoms with E-state index in [9.17, 15) is 9.18 Å². The monoisotopic (exact) mass is 351 g/mol. The van der Waals surface area contributed by atoms with Crippen LogP contribution in [0.5, 0.6) is 0 Å². The van der Waals surface area contributed by atoms with Gasteiger partial charge in [0.25, 0.3) is 0 Å². The zero-order valence-corrected chi connectivity index (χ0v) is 15.4. The Labute approximate surface area is 152 Å². The quantitative estimate of drug-likeness (QED) is 0.375. The van der Waals surface area contributed by atoms with Crippen molar-refractivity contribution in [1.82, 2.24) is 4.98 Å². The van der Waals surface area contributed by atoms with Crippen molar-refractivity contribution in [2.24, 2.45) is 0 Å². The molecule has 0 atom stereocenters. The van der Waals surface area contributed by atoms with Crippen molar-refractivity contribution in [3.8, 4) is 0 Å². The molecule has 0 radical (unpaired) electrons. The maximum atomic E-state index is 12.8. The summed E-state index contributed by atoms with van der Waals surface area (Å²) in [6.07, 6.45) is 1.73. The molecular weight excluding hydrogens is 329 g/mol. The maximum absolute atomic E-state index is 12.8. The molecule has 3 nitrogen and oxygen atoms in total. The summed E-state index contributed by atoms with van der Waals surface area (Å²) in [5, 5.41) is 2.92. The number of para-hydroxylation sites is 1. The predicted octanol–water partition coefficient (Wildman–Crippen LogP) is 5.81. The van der Waals surface area contributed by atoms with Gasteiger partial charge in [-0.3, -0.25) is 4.98 Å². The molecule has 0 saturated carbocycles. The van der Waals surface area contributed by atoms with Gasteiger partial charge in [-0.2, -0.15) is 0 Å². The Morgan fingerprint density at radius 3 is 2.42 bits per heavy atom. The van der Waals surface area contributed by atoms with E-state index < -0.39 is 0 Å². The highest BCUT2D eigenvalue weighted by Crippen LogP contribution is 2.17. The van der Waals surface area contributed by atoms with Gasteiger partial charge in [-0.25, -0.2) is 9.18 Å². The predicted molar refractivity (Wildman–Crippen MR) is 105 cm³/mol. The molecule has 0 fully saturated rings. The molecule has 2 heterocycles. The van der Waals surface area contributed by atoms with E-state index >= 15 is 0 Å². The van der Waals surface area contributed by atoms with Gasteiger partial charge in [-0.1, -0.05) is 38.1 Å². The van der Waals surface area contributed by atoms with Crippen molar-refractivity contribution in [1.29, 1.82) is 0 Å². The molecule has 0 N–H and O–H groups in total. The summed E-state index contributed by atoms with van der Waals surface area (Å²) in [6.45, 7) is 7.78. The SMILES string of the molecule is CC.Cc1cc(=O)oc2ccccc12.Cc1nccc2ccc(F)cc12. The van der Waals surface area contributed by atoms with Crippen LogP contribution >= 0.6 is 0 Å². The summed E-state index contributed by atoms with van der Waals surface area (Å²) in [5.74, 6) is -0.210. The first-order valence-corrected chi connectivity index (χ1v) is 8.55. The average molecular weight is 351 g/mol. The van der Waals surface area contributed by atoms with Crippen LogP contribution in [0, 0.1) is 19.7 Å². The van der Waals surface area contributed by atoms with Crippen LogP contribution in [0.1, 0.15) is 25.1 Å². The summed E-state index contributed by atoms with van der Waals surface area (Å²) in [6, 6.07) is 15.6. The average Bonchev–Trinajstić information content (AvgIpc) is 2.65. The molecule has 0 aliphatic heterocycles. The fourth-order valence-electron chi connectivity index (χ4n) is 2.56. The second kappa shape index (κ2) is 8.90. The molecule has 0 bridgehead atoms. The zero-order valence-electron chi connectivity index (χ0n) is 15.4. The number of hydrogen-bond donors (Lipinski definition) is 0. The molecule has 4 rings (SSSR count). The summed E-state index contributed by atoms with van der Waals surface area (Å²) in [5.41, 5.74) is 2.20. The Bertz CT molecular complexity index is 1070. The first kappa shape index (κ1) is 19.3. The van der Waals surface area contributed by atoms with Crippen LogP contribution in [0.15, 0.2) is 70.0 Å². The largest absolute Gasteiger partial charge is 0.423 e. The maximum Gasteiger partial charge on any atom is 0.336 e. The summed E-state index contributed by atoms with van der Waals surface area (Å²) >= 11 is 0. The molecule has 0 unspecified atom stereocenters. The van der Waals surface area contributed by atoms with Crippen LogP contribution in [0.2, 0.25) is 0 Å². The third-order valence-electron chi connectivity index (χ3n) is 3.78. The summed E-state index contributed by atoms with van der Waals surface area (Å²) < 4.78 is 17.8. The second-order valence-corrected chi connectivity index (χ2v) is 5.51. The van der Waals surface area contributed by atoms with E-state index in [0.717, 1.165) is 27.4 Å². The molecule has 26 heavy (non-hydrogen) atoms. The zero-order chi connectivity index (χ0) is 19.1. The lowest BCUT2D eigenvalue weighted by atomic mass is 10.1. The highest BCUT2D eigenvalue weighted by atomic mass is 19.1. The molecule has 0 aliphatic carbocycles. The molecular formula is C22H22FNO2. The minimum atomic E-state index is -0.286. The van der Waals surface area contributed by atoms with E-state index in [4.69, 9.17) is 4.42 Å². The van der Waals surface area contributed by atoms with Crippen molar-refractivity contribution in [3.05, 3.63) is 88.3 Å². The molecule has 2 aromatic carbocycles. The number of nitrogens with zero attached hydrogens (tertiary/aromatic N) is 1. The van der Waals surface area contributed by atoms with E-state index in [1.807, 2.05) is 52.0 Å². The normalized spacial score (nSPS) is 9.88. The number of fused-ring (bicyclic) bond motifs is 2. The number of pyridine rings is 1. The number of aromatic nitrogens is 1. The van der Waals surface area contributed by atoms with Crippen molar-refractivity contribution in [2.75, 3.05) is 0 Å². The lowest BCUT2D eigenvalue weighted by Crippen LogP contribution is -1.97. The molecule has 0 amide bonds. The van der Waals surface area contributed by atoms with E-state index in [-0.39, 0.29) is 11.4 Å². The van der Waals surface area contributed by atoms with Crippen molar-refractivity contribution in [3.63, 3.8) is 0 Å². The highest BCUT2D eigenvalue weighted by molar-refractivity contribution is 5.84. The van der Waals surface area contributed by atoms with Crippen LogP contribution in [-0.2, 0) is 0 Å². The topological polar surface area (TPSA) is 43.1 Å². The first-order valence-electron chi connectivity index (χ1n) is 8.55. The van der Waals surface area contributed by atoms with Crippen LogP contribution in [0.3, 0.4) is 0 Å². The third kappa shape index (κ3) is 4.54. The van der Waals surface area contributed by atoms with Gasteiger partial charge in [-0.05, 0) is 49.1 Å². The molecule has 0 spiro atoms. The van der Waals surface area contributed by atoms with Gasteiger partial charge >= 0.3 is 5.63 Å². The molecule has 0 aliphatic rings. The molecule has 0 saturated heterocycles. The summed E-state index contributed by atoms with van der Waals surface area (Å²) in [4.78, 5) is 15.0. The molecule has 4 aromatic rings. The van der Waals surface area contributed by atoms with Gasteiger partial charge in [0.15, 0.2) is 0 Å². The highest BCUT2D eigenvalue weighted by Gasteiger charge is 1.99. The fraction of sp³-hybridized carbons (Fsp3) is 0.182. The Morgan fingerprint density at radius 2 is 1.65 bits per heavy atom. The number of aryl methyl sites for hydroxylation is 2. The lowest BCUT2D eigenvalue weighted by Gasteiger charge is -1.99. The summed E-state index contributed by atoms with van der Waals surface area (Å²) in [7, 11) is 0. The Kier molecular flexibility index (Phi) is 6.61. The van der Waals surface area contributed by atoms with E-state index in [0.29, 0.717) is 5.58 Å². The lowest BCUT2D eigenvalue weighted by molar-refractivity contribution is 0.560. The molecule has 2 aromatic heterocycles. The van der Waals surface area contributed by atoms with Gasteiger partial charge in [0.2, 0.25) is 0 Å². The fourth-order valence-corrected chi connectivity index (χ4v) is 2.56. The van der Waals surface area contributed by atoms with Crippen LogP contribution in [-0.4, -0.2) is 4.98 Å². The van der Waals surface area contributed by atoms with Gasteiger partial charge in [0.05, 0.1) is 0 Å². The van der Waals surface area contributed by atoms with Crippen LogP contribution in [0.4, 0.5) is 4.39 Å². The van der Waals surface area contributed by atoms with Gasteiger partial charge in [-0.15, -0.1) is 0 Å². The van der Waals surface area contributed by atoms with Crippen molar-refractivity contribution < 1.29 is 8.81 Å². The first-order chi connectivity index (χ1) is 12.5. The Hall–Kier alpha value is -3.01. The standard InChI is InChI=1S/C10H8FN.C10H8O2.C2H6/c1-7-10-6-9(11)3-2-8(10)4-5-12-7;1-7-6-10(11)12-9-5-3-2-4-8(7)9;1-2/h2*2-6H,1H3;1-2H3. The minimum absolute atomic E-state index is 0.210. The van der Waals surface area contributed by atoms with Crippen molar-refractivity contribution >= 4 is 21.7 Å². The Balaban J connectivity index is 0.000000171. The second-order valence-electron chi connectivity index (χ2n) is 5.51. The van der Waals surface area contributed by atoms with Crippen LogP contribution < -0.4 is 5.63 Å². The third-order valence-corrected chi connectivity index (χ3v) is 3.78. The van der Waals surface area contributed by atoms with Crippen LogP contribution in [0.25, 0.3) is 21.7 Å². The number of hydrogen-bond acceptors (Lipinski definition) is 3. The van der Waals surface area contributed by atoms with Gasteiger partial charge in [0.1, 0.15) is 11.4 Å². The van der Waals surface area contributed by atoms with E-state index in [2.05, 4.69) is 4.98 Å². The van der Waals surface area contributed by atoms with Gasteiger partial charge < -0.3 is 4.42 Å². The smallest absolute Gasteiger partial charge is 0.336 e. The van der Waals surface area contributed by atoms with E-state index in [1.165, 1.54) is 18.2 Å². The molecule has 134 valence electrons.